The summed E-state index contributed by atoms with van der Waals surface area (Å²) in [6.07, 6.45) is -2.42. The van der Waals surface area contributed by atoms with E-state index in [9.17, 15) is 22.4 Å². The molecule has 2 aromatic rings. The van der Waals surface area contributed by atoms with Crippen LogP contribution in [0.3, 0.4) is 0 Å². The molecular weight excluding hydrogens is 354 g/mol. The number of amides is 1. The molecule has 0 spiro atoms. The third-order valence-corrected chi connectivity index (χ3v) is 4.34. The molecule has 6 nitrogen and oxygen atoms in total. The number of alkyl halides is 3. The molecule has 1 aliphatic carbocycles. The van der Waals surface area contributed by atoms with E-state index < -0.39 is 35.0 Å². The van der Waals surface area contributed by atoms with Gasteiger partial charge in [-0.05, 0) is 37.8 Å². The Morgan fingerprint density at radius 3 is 2.46 bits per heavy atom. The fourth-order valence-electron chi connectivity index (χ4n) is 3.00. The normalized spacial score (nSPS) is 20.8. The van der Waals surface area contributed by atoms with Gasteiger partial charge < -0.3 is 11.1 Å². The van der Waals surface area contributed by atoms with Crippen molar-refractivity contribution in [3.63, 3.8) is 0 Å². The topological polar surface area (TPSA) is 85.8 Å². The second-order valence-electron chi connectivity index (χ2n) is 6.23. The Kier molecular flexibility index (Phi) is 4.94. The van der Waals surface area contributed by atoms with E-state index in [1.165, 1.54) is 12.1 Å². The third-order valence-electron chi connectivity index (χ3n) is 4.34. The van der Waals surface area contributed by atoms with Crippen molar-refractivity contribution in [2.45, 2.75) is 43.9 Å². The summed E-state index contributed by atoms with van der Waals surface area (Å²) in [4.78, 5) is 12.3. The maximum absolute atomic E-state index is 13.9. The number of carbonyl (C=O) groups excluding carboxylic acids is 1. The van der Waals surface area contributed by atoms with Crippen LogP contribution >= 0.6 is 0 Å². The van der Waals surface area contributed by atoms with Crippen molar-refractivity contribution >= 4 is 5.91 Å². The molecule has 1 aromatic carbocycles. The number of benzene rings is 1. The molecule has 3 N–H and O–H groups in total. The van der Waals surface area contributed by atoms with Crippen molar-refractivity contribution in [3.8, 4) is 5.69 Å². The first-order valence-electron chi connectivity index (χ1n) is 8.11. The molecule has 1 heterocycles. The number of hydrogen-bond donors (Lipinski definition) is 2. The van der Waals surface area contributed by atoms with Crippen LogP contribution in [0.15, 0.2) is 24.3 Å². The maximum atomic E-state index is 13.9. The van der Waals surface area contributed by atoms with Crippen LogP contribution in [-0.4, -0.2) is 33.0 Å². The molecule has 1 amide bonds. The number of rotatable bonds is 3. The van der Waals surface area contributed by atoms with Gasteiger partial charge in [0.1, 0.15) is 11.5 Å². The van der Waals surface area contributed by atoms with Crippen LogP contribution in [0.1, 0.15) is 41.9 Å². The van der Waals surface area contributed by atoms with Gasteiger partial charge in [0.05, 0.1) is 0 Å². The molecule has 26 heavy (non-hydrogen) atoms. The molecule has 140 valence electrons. The summed E-state index contributed by atoms with van der Waals surface area (Å²) < 4.78 is 54.8. The van der Waals surface area contributed by atoms with Crippen molar-refractivity contribution < 1.29 is 22.4 Å². The van der Waals surface area contributed by atoms with Gasteiger partial charge >= 0.3 is 6.18 Å². The number of halogens is 4. The molecule has 1 aliphatic rings. The monoisotopic (exact) mass is 371 g/mol. The predicted octanol–water partition coefficient (Wildman–Crippen LogP) is 2.42. The van der Waals surface area contributed by atoms with Gasteiger partial charge in [-0.15, -0.1) is 5.10 Å². The lowest BCUT2D eigenvalue weighted by Gasteiger charge is -2.26. The van der Waals surface area contributed by atoms with Gasteiger partial charge in [-0.25, -0.2) is 9.07 Å². The quantitative estimate of drug-likeness (QED) is 0.812. The highest BCUT2D eigenvalue weighted by Crippen LogP contribution is 2.33. The molecule has 0 aliphatic heterocycles. The van der Waals surface area contributed by atoms with Gasteiger partial charge in [-0.3, -0.25) is 4.79 Å². The second kappa shape index (κ2) is 7.02. The summed E-state index contributed by atoms with van der Waals surface area (Å²) in [6, 6.07) is 4.60. The van der Waals surface area contributed by atoms with E-state index in [4.69, 9.17) is 5.73 Å². The molecule has 0 atom stereocenters. The number of para-hydroxylation sites is 1. The van der Waals surface area contributed by atoms with Crippen molar-refractivity contribution in [1.82, 2.24) is 20.3 Å². The smallest absolute Gasteiger partial charge is 0.348 e. The summed E-state index contributed by atoms with van der Waals surface area (Å²) in [5, 5.41) is 9.28. The number of nitrogens with two attached hydrogens (primary N) is 1. The number of nitrogens with one attached hydrogen (secondary N) is 1. The number of carbonyl (C=O) groups is 1. The summed E-state index contributed by atoms with van der Waals surface area (Å²) in [5.74, 6) is -1.89. The number of aromatic nitrogens is 3. The van der Waals surface area contributed by atoms with E-state index in [1.54, 1.807) is 0 Å². The summed E-state index contributed by atoms with van der Waals surface area (Å²) >= 11 is 0. The number of hydrogen-bond acceptors (Lipinski definition) is 4. The Morgan fingerprint density at radius 2 is 1.85 bits per heavy atom. The zero-order valence-electron chi connectivity index (χ0n) is 13.6. The molecular formula is C16H17F4N5O. The minimum Gasteiger partial charge on any atom is -0.348 e. The van der Waals surface area contributed by atoms with Gasteiger partial charge in [-0.1, -0.05) is 17.3 Å². The van der Waals surface area contributed by atoms with E-state index in [0.717, 1.165) is 12.1 Å². The SMILES string of the molecule is NC1CCC(NC(=O)c2nnn(-c3ccccc3F)c2C(F)(F)F)CC1. The average molecular weight is 371 g/mol. The maximum Gasteiger partial charge on any atom is 0.435 e. The summed E-state index contributed by atoms with van der Waals surface area (Å²) in [6.45, 7) is 0. The van der Waals surface area contributed by atoms with Gasteiger partial charge in [0, 0.05) is 12.1 Å². The zero-order valence-corrected chi connectivity index (χ0v) is 13.6. The highest BCUT2D eigenvalue weighted by Gasteiger charge is 2.42. The Labute approximate surface area is 146 Å². The standard InChI is InChI=1S/C16H17F4N5O/c17-11-3-1-2-4-12(11)25-14(16(18,19)20)13(23-24-25)15(26)22-10-7-5-9(21)6-8-10/h1-4,9-10H,5-8,21H2,(H,22,26). The molecule has 1 saturated carbocycles. The van der Waals surface area contributed by atoms with Gasteiger partial charge in [0.15, 0.2) is 11.4 Å². The molecule has 0 unspecified atom stereocenters. The lowest BCUT2D eigenvalue weighted by molar-refractivity contribution is -0.143. The zero-order chi connectivity index (χ0) is 18.9. The van der Waals surface area contributed by atoms with E-state index in [0.29, 0.717) is 30.4 Å². The Bertz CT molecular complexity index is 796. The van der Waals surface area contributed by atoms with E-state index in [2.05, 4.69) is 15.6 Å². The number of nitrogens with zero attached hydrogens (tertiary/aromatic N) is 3. The van der Waals surface area contributed by atoms with Crippen LogP contribution in [0.4, 0.5) is 17.6 Å². The fraction of sp³-hybridized carbons (Fsp3) is 0.438. The van der Waals surface area contributed by atoms with Crippen molar-refractivity contribution in [1.29, 1.82) is 0 Å². The van der Waals surface area contributed by atoms with Gasteiger partial charge in [0.25, 0.3) is 5.91 Å². The van der Waals surface area contributed by atoms with Crippen molar-refractivity contribution in [3.05, 3.63) is 41.5 Å². The molecule has 3 rings (SSSR count). The van der Waals surface area contributed by atoms with Crippen LogP contribution in [0, 0.1) is 5.82 Å². The van der Waals surface area contributed by atoms with Crippen molar-refractivity contribution in [2.24, 2.45) is 5.73 Å². The average Bonchev–Trinajstić information content (AvgIpc) is 3.02. The van der Waals surface area contributed by atoms with E-state index in [1.807, 2.05) is 0 Å². The molecule has 0 bridgehead atoms. The van der Waals surface area contributed by atoms with Crippen LogP contribution in [0.25, 0.3) is 5.69 Å². The highest BCUT2D eigenvalue weighted by molar-refractivity contribution is 5.93. The second-order valence-corrected chi connectivity index (χ2v) is 6.23. The van der Waals surface area contributed by atoms with Crippen molar-refractivity contribution in [2.75, 3.05) is 0 Å². The first-order valence-corrected chi connectivity index (χ1v) is 8.11. The third kappa shape index (κ3) is 3.69. The lowest BCUT2D eigenvalue weighted by Crippen LogP contribution is -2.41. The highest BCUT2D eigenvalue weighted by atomic mass is 19.4. The Balaban J connectivity index is 1.93. The van der Waals surface area contributed by atoms with E-state index >= 15 is 0 Å². The predicted molar refractivity (Wildman–Crippen MR) is 84.0 cm³/mol. The van der Waals surface area contributed by atoms with Gasteiger partial charge in [0.2, 0.25) is 0 Å². The lowest BCUT2D eigenvalue weighted by atomic mass is 9.92. The van der Waals surface area contributed by atoms with Gasteiger partial charge in [-0.2, -0.15) is 13.2 Å². The molecule has 1 aromatic heterocycles. The molecule has 0 saturated heterocycles. The van der Waals surface area contributed by atoms with Crippen LogP contribution in [0.2, 0.25) is 0 Å². The first-order chi connectivity index (χ1) is 12.3. The fourth-order valence-corrected chi connectivity index (χ4v) is 3.00. The first kappa shape index (κ1) is 18.3. The Hall–Kier alpha value is -2.49. The summed E-state index contributed by atoms with van der Waals surface area (Å²) in [5.41, 5.74) is 3.06. The molecule has 10 heteroatoms. The minimum absolute atomic E-state index is 0.0378. The summed E-state index contributed by atoms with van der Waals surface area (Å²) in [7, 11) is 0. The largest absolute Gasteiger partial charge is 0.435 e. The molecule has 1 fully saturated rings. The van der Waals surface area contributed by atoms with Crippen LogP contribution < -0.4 is 11.1 Å². The van der Waals surface area contributed by atoms with Crippen LogP contribution in [0.5, 0.6) is 0 Å². The Morgan fingerprint density at radius 1 is 1.19 bits per heavy atom. The molecule has 0 radical (unpaired) electrons. The van der Waals surface area contributed by atoms with E-state index in [-0.39, 0.29) is 12.1 Å². The minimum atomic E-state index is -4.94. The van der Waals surface area contributed by atoms with Crippen LogP contribution in [-0.2, 0) is 6.18 Å².